The predicted molar refractivity (Wildman–Crippen MR) is 69.7 cm³/mol. The van der Waals surface area contributed by atoms with Gasteiger partial charge in [-0.2, -0.15) is 0 Å². The first-order valence-corrected chi connectivity index (χ1v) is 7.18. The van der Waals surface area contributed by atoms with E-state index in [0.29, 0.717) is 0 Å². The highest BCUT2D eigenvalue weighted by molar-refractivity contribution is 4.82. The molecule has 0 aromatic carbocycles. The summed E-state index contributed by atoms with van der Waals surface area (Å²) in [6, 6.07) is 1.57. The molecule has 1 heterocycles. The number of nitrogens with one attached hydrogen (secondary N) is 1. The molecule has 1 aliphatic carbocycles. The standard InChI is InChI=1S/C14H28N2/c1-12-5-3-6-13(9-8-12)15-14-7-4-10-16(2)11-14/h12-15H,3-11H2,1-2H3. The normalized spacial score (nSPS) is 38.2. The van der Waals surface area contributed by atoms with Crippen LogP contribution in [0.3, 0.4) is 0 Å². The van der Waals surface area contributed by atoms with Crippen LogP contribution in [-0.4, -0.2) is 37.1 Å². The molecule has 0 aromatic rings. The van der Waals surface area contributed by atoms with Gasteiger partial charge in [-0.05, 0) is 51.6 Å². The van der Waals surface area contributed by atoms with Crippen molar-refractivity contribution < 1.29 is 0 Å². The van der Waals surface area contributed by atoms with Crippen molar-refractivity contribution in [2.75, 3.05) is 20.1 Å². The lowest BCUT2D eigenvalue weighted by Crippen LogP contribution is -2.47. The molecule has 16 heavy (non-hydrogen) atoms. The molecule has 0 bridgehead atoms. The Kier molecular flexibility index (Phi) is 4.66. The van der Waals surface area contributed by atoms with Crippen LogP contribution in [0.4, 0.5) is 0 Å². The van der Waals surface area contributed by atoms with E-state index in [-0.39, 0.29) is 0 Å². The minimum absolute atomic E-state index is 0.761. The number of likely N-dealkylation sites (N-methyl/N-ethyl adjacent to an activating group) is 1. The second kappa shape index (κ2) is 6.02. The van der Waals surface area contributed by atoms with Gasteiger partial charge in [-0.1, -0.05) is 19.8 Å². The maximum atomic E-state index is 3.91. The zero-order valence-electron chi connectivity index (χ0n) is 11.0. The third-order valence-corrected chi connectivity index (χ3v) is 4.35. The monoisotopic (exact) mass is 224 g/mol. The summed E-state index contributed by atoms with van der Waals surface area (Å²) in [6.45, 7) is 4.96. The van der Waals surface area contributed by atoms with Gasteiger partial charge in [0.25, 0.3) is 0 Å². The highest BCUT2D eigenvalue weighted by Gasteiger charge is 2.22. The van der Waals surface area contributed by atoms with E-state index in [0.717, 1.165) is 18.0 Å². The molecule has 1 aliphatic heterocycles. The van der Waals surface area contributed by atoms with Gasteiger partial charge in [-0.3, -0.25) is 0 Å². The van der Waals surface area contributed by atoms with E-state index in [9.17, 15) is 0 Å². The summed E-state index contributed by atoms with van der Waals surface area (Å²) in [6.07, 6.45) is 9.88. The number of piperidine rings is 1. The Hall–Kier alpha value is -0.0800. The van der Waals surface area contributed by atoms with Gasteiger partial charge < -0.3 is 10.2 Å². The van der Waals surface area contributed by atoms with Crippen LogP contribution >= 0.6 is 0 Å². The third kappa shape index (κ3) is 3.74. The fourth-order valence-electron chi connectivity index (χ4n) is 3.29. The first-order valence-electron chi connectivity index (χ1n) is 7.18. The van der Waals surface area contributed by atoms with Crippen LogP contribution in [0.5, 0.6) is 0 Å². The molecule has 1 saturated carbocycles. The summed E-state index contributed by atoms with van der Waals surface area (Å²) >= 11 is 0. The SMILES string of the molecule is CC1CCCC(NC2CCCN(C)C2)CC1. The molecule has 2 heteroatoms. The van der Waals surface area contributed by atoms with Crippen LogP contribution in [0.2, 0.25) is 0 Å². The Bertz CT molecular complexity index is 205. The topological polar surface area (TPSA) is 15.3 Å². The van der Waals surface area contributed by atoms with E-state index in [4.69, 9.17) is 0 Å². The minimum atomic E-state index is 0.761. The number of hydrogen-bond donors (Lipinski definition) is 1. The molecule has 0 radical (unpaired) electrons. The number of rotatable bonds is 2. The van der Waals surface area contributed by atoms with Gasteiger partial charge >= 0.3 is 0 Å². The molecule has 2 rings (SSSR count). The Balaban J connectivity index is 1.75. The van der Waals surface area contributed by atoms with Gasteiger partial charge in [-0.15, -0.1) is 0 Å². The molecule has 2 aliphatic rings. The zero-order chi connectivity index (χ0) is 11.4. The number of hydrogen-bond acceptors (Lipinski definition) is 2. The van der Waals surface area contributed by atoms with Gasteiger partial charge in [0, 0.05) is 18.6 Å². The molecule has 3 atom stereocenters. The number of nitrogens with zero attached hydrogens (tertiary/aromatic N) is 1. The Morgan fingerprint density at radius 1 is 0.938 bits per heavy atom. The van der Waals surface area contributed by atoms with Gasteiger partial charge in [0.15, 0.2) is 0 Å². The largest absolute Gasteiger partial charge is 0.310 e. The molecule has 1 N–H and O–H groups in total. The van der Waals surface area contributed by atoms with Crippen molar-refractivity contribution in [1.82, 2.24) is 10.2 Å². The fourth-order valence-corrected chi connectivity index (χ4v) is 3.29. The zero-order valence-corrected chi connectivity index (χ0v) is 11.0. The molecule has 0 aromatic heterocycles. The highest BCUT2D eigenvalue weighted by Crippen LogP contribution is 2.23. The highest BCUT2D eigenvalue weighted by atomic mass is 15.1. The van der Waals surface area contributed by atoms with E-state index in [1.54, 1.807) is 0 Å². The molecule has 3 unspecified atom stereocenters. The number of likely N-dealkylation sites (tertiary alicyclic amines) is 1. The summed E-state index contributed by atoms with van der Waals surface area (Å²) < 4.78 is 0. The molecule has 2 nitrogen and oxygen atoms in total. The molecular formula is C14H28N2. The summed E-state index contributed by atoms with van der Waals surface area (Å²) in [5.74, 6) is 0.959. The van der Waals surface area contributed by atoms with Gasteiger partial charge in [0.2, 0.25) is 0 Å². The van der Waals surface area contributed by atoms with E-state index >= 15 is 0 Å². The third-order valence-electron chi connectivity index (χ3n) is 4.35. The fraction of sp³-hybridized carbons (Fsp3) is 1.00. The van der Waals surface area contributed by atoms with E-state index < -0.39 is 0 Å². The van der Waals surface area contributed by atoms with Crippen molar-refractivity contribution in [1.29, 1.82) is 0 Å². The quantitative estimate of drug-likeness (QED) is 0.725. The summed E-state index contributed by atoms with van der Waals surface area (Å²) in [5.41, 5.74) is 0. The summed E-state index contributed by atoms with van der Waals surface area (Å²) in [4.78, 5) is 2.47. The maximum Gasteiger partial charge on any atom is 0.0197 e. The average Bonchev–Trinajstić information content (AvgIpc) is 2.44. The molecule has 2 fully saturated rings. The van der Waals surface area contributed by atoms with Crippen molar-refractivity contribution in [2.45, 2.75) is 64.0 Å². The van der Waals surface area contributed by atoms with Crippen molar-refractivity contribution in [3.8, 4) is 0 Å². The van der Waals surface area contributed by atoms with Crippen LogP contribution in [-0.2, 0) is 0 Å². The lowest BCUT2D eigenvalue weighted by molar-refractivity contribution is 0.211. The first kappa shape index (κ1) is 12.4. The Morgan fingerprint density at radius 3 is 2.56 bits per heavy atom. The van der Waals surface area contributed by atoms with Crippen LogP contribution in [0.15, 0.2) is 0 Å². The van der Waals surface area contributed by atoms with Crippen molar-refractivity contribution >= 4 is 0 Å². The van der Waals surface area contributed by atoms with Gasteiger partial charge in [-0.25, -0.2) is 0 Å². The summed E-state index contributed by atoms with van der Waals surface area (Å²) in [5, 5.41) is 3.91. The van der Waals surface area contributed by atoms with Gasteiger partial charge in [0.05, 0.1) is 0 Å². The predicted octanol–water partition coefficient (Wildman–Crippen LogP) is 2.64. The summed E-state index contributed by atoms with van der Waals surface area (Å²) in [7, 11) is 2.25. The van der Waals surface area contributed by atoms with Crippen LogP contribution in [0.25, 0.3) is 0 Å². The molecule has 0 spiro atoms. The first-order chi connectivity index (χ1) is 7.74. The van der Waals surface area contributed by atoms with E-state index in [2.05, 4.69) is 24.2 Å². The maximum absolute atomic E-state index is 3.91. The lowest BCUT2D eigenvalue weighted by atomic mass is 10.0. The van der Waals surface area contributed by atoms with Gasteiger partial charge in [0.1, 0.15) is 0 Å². The van der Waals surface area contributed by atoms with E-state index in [1.165, 1.54) is 58.0 Å². The van der Waals surface area contributed by atoms with Crippen LogP contribution in [0.1, 0.15) is 51.9 Å². The Morgan fingerprint density at radius 2 is 1.75 bits per heavy atom. The van der Waals surface area contributed by atoms with Crippen molar-refractivity contribution in [3.05, 3.63) is 0 Å². The smallest absolute Gasteiger partial charge is 0.0197 e. The molecule has 1 saturated heterocycles. The Labute approximate surface area is 101 Å². The van der Waals surface area contributed by atoms with Crippen LogP contribution in [0, 0.1) is 5.92 Å². The van der Waals surface area contributed by atoms with Crippen molar-refractivity contribution in [3.63, 3.8) is 0 Å². The van der Waals surface area contributed by atoms with Crippen LogP contribution < -0.4 is 5.32 Å². The van der Waals surface area contributed by atoms with Crippen molar-refractivity contribution in [2.24, 2.45) is 5.92 Å². The second-order valence-electron chi connectivity index (χ2n) is 6.08. The average molecular weight is 224 g/mol. The molecule has 0 amide bonds. The molecular weight excluding hydrogens is 196 g/mol. The van der Waals surface area contributed by atoms with E-state index in [1.807, 2.05) is 0 Å². The minimum Gasteiger partial charge on any atom is -0.310 e. The lowest BCUT2D eigenvalue weighted by Gasteiger charge is -2.33. The molecule has 94 valence electrons. The second-order valence-corrected chi connectivity index (χ2v) is 6.08.